The number of nitriles is 1. The molecule has 0 fully saturated rings. The van der Waals surface area contributed by atoms with Gasteiger partial charge in [0.2, 0.25) is 0 Å². The quantitative estimate of drug-likeness (QED) is 0.833. The van der Waals surface area contributed by atoms with Crippen molar-refractivity contribution in [2.45, 2.75) is 32.4 Å². The standard InChI is InChI=1S/C14H22N4/c1-4-13(16)14(12-6-5-7-17-9-12)18(3)10-11(2)8-15/h5-7,9,11,13-14H,4,10,16H2,1-3H3. The molecule has 1 heterocycles. The molecule has 0 amide bonds. The Morgan fingerprint density at radius 1 is 1.56 bits per heavy atom. The van der Waals surface area contributed by atoms with Crippen LogP contribution in [0.15, 0.2) is 24.5 Å². The molecule has 3 atom stereocenters. The number of hydrogen-bond donors (Lipinski definition) is 1. The number of nitrogens with two attached hydrogens (primary N) is 1. The van der Waals surface area contributed by atoms with Gasteiger partial charge in [0.1, 0.15) is 0 Å². The van der Waals surface area contributed by atoms with Crippen molar-refractivity contribution >= 4 is 0 Å². The minimum Gasteiger partial charge on any atom is -0.326 e. The van der Waals surface area contributed by atoms with Crippen LogP contribution in [0.3, 0.4) is 0 Å². The number of pyridine rings is 1. The van der Waals surface area contributed by atoms with Crippen LogP contribution in [0.4, 0.5) is 0 Å². The molecule has 0 bridgehead atoms. The fraction of sp³-hybridized carbons (Fsp3) is 0.571. The highest BCUT2D eigenvalue weighted by Gasteiger charge is 2.24. The smallest absolute Gasteiger partial charge is 0.0666 e. The zero-order chi connectivity index (χ0) is 13.5. The zero-order valence-electron chi connectivity index (χ0n) is 11.4. The Hall–Kier alpha value is -1.44. The van der Waals surface area contributed by atoms with E-state index in [0.717, 1.165) is 12.0 Å². The predicted octanol–water partition coefficient (Wildman–Crippen LogP) is 1.95. The molecule has 0 spiro atoms. The van der Waals surface area contributed by atoms with Gasteiger partial charge in [0.25, 0.3) is 0 Å². The molecule has 0 aliphatic heterocycles. The number of aromatic nitrogens is 1. The molecule has 18 heavy (non-hydrogen) atoms. The molecule has 98 valence electrons. The fourth-order valence-electron chi connectivity index (χ4n) is 2.19. The summed E-state index contributed by atoms with van der Waals surface area (Å²) in [6.07, 6.45) is 4.51. The van der Waals surface area contributed by atoms with Crippen LogP contribution in [-0.2, 0) is 0 Å². The van der Waals surface area contributed by atoms with E-state index in [1.165, 1.54) is 0 Å². The van der Waals surface area contributed by atoms with Crippen LogP contribution in [0, 0.1) is 17.2 Å². The number of hydrogen-bond acceptors (Lipinski definition) is 4. The summed E-state index contributed by atoms with van der Waals surface area (Å²) in [5.41, 5.74) is 7.33. The largest absolute Gasteiger partial charge is 0.326 e. The van der Waals surface area contributed by atoms with Crippen molar-refractivity contribution < 1.29 is 0 Å². The van der Waals surface area contributed by atoms with E-state index in [1.807, 2.05) is 32.3 Å². The SMILES string of the molecule is CCC(N)C(c1cccnc1)N(C)CC(C)C#N. The molecule has 2 N–H and O–H groups in total. The first kappa shape index (κ1) is 14.6. The molecule has 0 saturated carbocycles. The van der Waals surface area contributed by atoms with Gasteiger partial charge < -0.3 is 5.73 Å². The molecular weight excluding hydrogens is 224 g/mol. The molecule has 0 saturated heterocycles. The van der Waals surface area contributed by atoms with Gasteiger partial charge in [-0.2, -0.15) is 5.26 Å². The van der Waals surface area contributed by atoms with Crippen LogP contribution in [0.25, 0.3) is 0 Å². The average Bonchev–Trinajstić information content (AvgIpc) is 2.39. The van der Waals surface area contributed by atoms with Crippen molar-refractivity contribution in [2.75, 3.05) is 13.6 Å². The maximum atomic E-state index is 8.91. The van der Waals surface area contributed by atoms with Gasteiger partial charge in [0.15, 0.2) is 0 Å². The molecule has 1 aromatic rings. The molecule has 0 aliphatic carbocycles. The highest BCUT2D eigenvalue weighted by atomic mass is 15.1. The highest BCUT2D eigenvalue weighted by molar-refractivity contribution is 5.16. The van der Waals surface area contributed by atoms with E-state index < -0.39 is 0 Å². The molecule has 0 aromatic carbocycles. The van der Waals surface area contributed by atoms with Crippen LogP contribution < -0.4 is 5.73 Å². The molecule has 4 heteroatoms. The summed E-state index contributed by atoms with van der Waals surface area (Å²) in [6, 6.07) is 6.38. The Morgan fingerprint density at radius 2 is 2.28 bits per heavy atom. The van der Waals surface area contributed by atoms with Gasteiger partial charge in [0.05, 0.1) is 18.0 Å². The van der Waals surface area contributed by atoms with E-state index >= 15 is 0 Å². The summed E-state index contributed by atoms with van der Waals surface area (Å²) in [7, 11) is 2.01. The summed E-state index contributed by atoms with van der Waals surface area (Å²) in [5, 5.41) is 8.91. The van der Waals surface area contributed by atoms with E-state index in [9.17, 15) is 0 Å². The van der Waals surface area contributed by atoms with Crippen LogP contribution >= 0.6 is 0 Å². The predicted molar refractivity (Wildman–Crippen MR) is 72.7 cm³/mol. The normalized spacial score (nSPS) is 16.0. The van der Waals surface area contributed by atoms with Gasteiger partial charge in [-0.3, -0.25) is 9.88 Å². The van der Waals surface area contributed by atoms with E-state index in [-0.39, 0.29) is 18.0 Å². The Morgan fingerprint density at radius 3 is 2.78 bits per heavy atom. The first-order chi connectivity index (χ1) is 8.60. The van der Waals surface area contributed by atoms with E-state index in [0.29, 0.717) is 6.54 Å². The van der Waals surface area contributed by atoms with Crippen molar-refractivity contribution in [1.82, 2.24) is 9.88 Å². The molecule has 3 unspecified atom stereocenters. The fourth-order valence-corrected chi connectivity index (χ4v) is 2.19. The zero-order valence-corrected chi connectivity index (χ0v) is 11.4. The average molecular weight is 246 g/mol. The number of rotatable bonds is 6. The van der Waals surface area contributed by atoms with Crippen LogP contribution in [-0.4, -0.2) is 29.5 Å². The van der Waals surface area contributed by atoms with Crippen LogP contribution in [0.2, 0.25) is 0 Å². The molecule has 4 nitrogen and oxygen atoms in total. The van der Waals surface area contributed by atoms with Crippen LogP contribution in [0.1, 0.15) is 31.9 Å². The third-order valence-electron chi connectivity index (χ3n) is 3.16. The molecule has 1 aromatic heterocycles. The summed E-state index contributed by atoms with van der Waals surface area (Å²) in [5.74, 6) is -0.00164. The van der Waals surface area contributed by atoms with E-state index in [4.69, 9.17) is 11.0 Å². The first-order valence-corrected chi connectivity index (χ1v) is 6.35. The van der Waals surface area contributed by atoms with E-state index in [2.05, 4.69) is 22.9 Å². The lowest BCUT2D eigenvalue weighted by molar-refractivity contribution is 0.196. The lowest BCUT2D eigenvalue weighted by atomic mass is 9.97. The third-order valence-corrected chi connectivity index (χ3v) is 3.16. The van der Waals surface area contributed by atoms with Crippen LogP contribution in [0.5, 0.6) is 0 Å². The lowest BCUT2D eigenvalue weighted by Crippen LogP contribution is -2.40. The highest BCUT2D eigenvalue weighted by Crippen LogP contribution is 2.23. The number of likely N-dealkylation sites (N-methyl/N-ethyl adjacent to an activating group) is 1. The van der Waals surface area contributed by atoms with Crippen molar-refractivity contribution in [2.24, 2.45) is 11.7 Å². The van der Waals surface area contributed by atoms with Gasteiger partial charge in [-0.25, -0.2) is 0 Å². The summed E-state index contributed by atoms with van der Waals surface area (Å²) in [6.45, 7) is 4.72. The molecule has 0 radical (unpaired) electrons. The van der Waals surface area contributed by atoms with Crippen molar-refractivity contribution in [3.63, 3.8) is 0 Å². The molecule has 1 rings (SSSR count). The Labute approximate surface area is 109 Å². The Balaban J connectivity index is 2.89. The Bertz CT molecular complexity index is 385. The summed E-state index contributed by atoms with van der Waals surface area (Å²) >= 11 is 0. The Kier molecular flexibility index (Phi) is 5.76. The summed E-state index contributed by atoms with van der Waals surface area (Å²) < 4.78 is 0. The van der Waals surface area contributed by atoms with Crippen molar-refractivity contribution in [3.05, 3.63) is 30.1 Å². The van der Waals surface area contributed by atoms with Crippen molar-refractivity contribution in [3.8, 4) is 6.07 Å². The number of nitrogens with zero attached hydrogens (tertiary/aromatic N) is 3. The monoisotopic (exact) mass is 246 g/mol. The molecular formula is C14H22N4. The maximum absolute atomic E-state index is 8.91. The van der Waals surface area contributed by atoms with Gasteiger partial charge in [-0.1, -0.05) is 13.0 Å². The van der Waals surface area contributed by atoms with Gasteiger partial charge in [0, 0.05) is 25.0 Å². The second-order valence-corrected chi connectivity index (χ2v) is 4.77. The summed E-state index contributed by atoms with van der Waals surface area (Å²) in [4.78, 5) is 6.31. The molecule has 0 aliphatic rings. The minimum atomic E-state index is -0.00164. The van der Waals surface area contributed by atoms with Gasteiger partial charge in [-0.15, -0.1) is 0 Å². The van der Waals surface area contributed by atoms with Crippen molar-refractivity contribution in [1.29, 1.82) is 5.26 Å². The second-order valence-electron chi connectivity index (χ2n) is 4.77. The van der Waals surface area contributed by atoms with E-state index in [1.54, 1.807) is 6.20 Å². The lowest BCUT2D eigenvalue weighted by Gasteiger charge is -2.33. The third kappa shape index (κ3) is 3.80. The first-order valence-electron chi connectivity index (χ1n) is 6.35. The topological polar surface area (TPSA) is 65.9 Å². The van der Waals surface area contributed by atoms with Gasteiger partial charge in [-0.05, 0) is 32.0 Å². The second kappa shape index (κ2) is 7.10. The van der Waals surface area contributed by atoms with Gasteiger partial charge >= 0.3 is 0 Å². The minimum absolute atomic E-state index is 0.00164. The maximum Gasteiger partial charge on any atom is 0.0666 e.